The van der Waals surface area contributed by atoms with Gasteiger partial charge in [-0.25, -0.2) is 0 Å². The van der Waals surface area contributed by atoms with Crippen LogP contribution >= 0.6 is 11.6 Å². The molecular weight excluding hydrogens is 298 g/mol. The molecule has 0 aliphatic heterocycles. The van der Waals surface area contributed by atoms with E-state index in [2.05, 4.69) is 15.3 Å². The average molecular weight is 312 g/mol. The van der Waals surface area contributed by atoms with Gasteiger partial charge in [-0.2, -0.15) is 10.2 Å². The van der Waals surface area contributed by atoms with E-state index in [4.69, 9.17) is 23.2 Å². The molecule has 3 rings (SSSR count). The molecular formula is C16H14ClN5. The van der Waals surface area contributed by atoms with Crippen molar-refractivity contribution in [3.8, 4) is 22.5 Å². The summed E-state index contributed by atoms with van der Waals surface area (Å²) in [6.07, 6.45) is 0. The molecule has 5 N–H and O–H groups in total. The van der Waals surface area contributed by atoms with E-state index < -0.39 is 0 Å². The lowest BCUT2D eigenvalue weighted by Crippen LogP contribution is -2.15. The lowest BCUT2D eigenvalue weighted by molar-refractivity contribution is 1.10. The number of aromatic amines is 1. The van der Waals surface area contributed by atoms with Crippen molar-refractivity contribution in [2.24, 2.45) is 16.7 Å². The summed E-state index contributed by atoms with van der Waals surface area (Å²) in [6, 6.07) is 17.2. The molecule has 110 valence electrons. The van der Waals surface area contributed by atoms with Gasteiger partial charge in [0.25, 0.3) is 0 Å². The smallest absolute Gasteiger partial charge is 0.150 e. The van der Waals surface area contributed by atoms with Crippen LogP contribution in [0.4, 0.5) is 0 Å². The van der Waals surface area contributed by atoms with Crippen molar-refractivity contribution in [3.63, 3.8) is 0 Å². The Morgan fingerprint density at radius 3 is 2.32 bits per heavy atom. The fraction of sp³-hybridized carbons (Fsp3) is 0. The first-order chi connectivity index (χ1) is 10.7. The molecule has 6 heteroatoms. The number of rotatable bonds is 3. The van der Waals surface area contributed by atoms with Crippen LogP contribution in [0.15, 0.2) is 59.7 Å². The number of H-pyrrole nitrogens is 1. The van der Waals surface area contributed by atoms with Gasteiger partial charge in [-0.3, -0.25) is 5.10 Å². The number of amidine groups is 1. The molecule has 0 aliphatic rings. The molecule has 0 bridgehead atoms. The number of hydrazone groups is 1. The van der Waals surface area contributed by atoms with Crippen LogP contribution in [0.2, 0.25) is 5.02 Å². The largest absolute Gasteiger partial charge is 0.382 e. The highest BCUT2D eigenvalue weighted by Gasteiger charge is 2.14. The summed E-state index contributed by atoms with van der Waals surface area (Å²) < 4.78 is 0. The Hall–Kier alpha value is -2.79. The predicted octanol–water partition coefficient (Wildman–Crippen LogP) is 2.98. The van der Waals surface area contributed by atoms with E-state index in [1.807, 2.05) is 54.6 Å². The predicted molar refractivity (Wildman–Crippen MR) is 89.4 cm³/mol. The normalized spacial score (nSPS) is 11.6. The van der Waals surface area contributed by atoms with E-state index in [1.54, 1.807) is 0 Å². The molecule has 0 amide bonds. The van der Waals surface area contributed by atoms with Crippen molar-refractivity contribution >= 4 is 17.4 Å². The van der Waals surface area contributed by atoms with Gasteiger partial charge in [0.05, 0.1) is 10.7 Å². The highest BCUT2D eigenvalue weighted by Crippen LogP contribution is 2.34. The number of nitrogens with two attached hydrogens (primary N) is 2. The van der Waals surface area contributed by atoms with Crippen molar-refractivity contribution in [2.75, 3.05) is 0 Å². The number of aromatic nitrogens is 2. The summed E-state index contributed by atoms with van der Waals surface area (Å²) >= 11 is 6.46. The summed E-state index contributed by atoms with van der Waals surface area (Å²) in [4.78, 5) is 0. The monoisotopic (exact) mass is 311 g/mol. The molecule has 0 saturated heterocycles. The van der Waals surface area contributed by atoms with E-state index in [9.17, 15) is 0 Å². The van der Waals surface area contributed by atoms with Crippen LogP contribution in [0.3, 0.4) is 0 Å². The zero-order chi connectivity index (χ0) is 15.5. The summed E-state index contributed by atoms with van der Waals surface area (Å²) in [6.45, 7) is 0. The molecule has 5 nitrogen and oxygen atoms in total. The first-order valence-corrected chi connectivity index (χ1v) is 7.02. The molecule has 1 heterocycles. The standard InChI is InChI=1S/C16H14ClN5/c17-13-14(10-4-2-1-3-5-10)21-22-15(13)11-6-8-12(9-7-11)16(18)20-19/h1-9H,19H2,(H2,18,20)(H,21,22). The topological polar surface area (TPSA) is 93.1 Å². The summed E-state index contributed by atoms with van der Waals surface area (Å²) in [5.41, 5.74) is 9.79. The zero-order valence-electron chi connectivity index (χ0n) is 11.6. The van der Waals surface area contributed by atoms with Gasteiger partial charge in [0.1, 0.15) is 11.5 Å². The van der Waals surface area contributed by atoms with Crippen molar-refractivity contribution in [1.29, 1.82) is 0 Å². The van der Waals surface area contributed by atoms with E-state index >= 15 is 0 Å². The van der Waals surface area contributed by atoms with Crippen LogP contribution in [0.5, 0.6) is 0 Å². The second-order valence-electron chi connectivity index (χ2n) is 4.72. The lowest BCUT2D eigenvalue weighted by Gasteiger charge is -2.02. The SMILES string of the molecule is N/N=C(\N)c1ccc(-c2[nH]nc(-c3ccccc3)c2Cl)cc1. The van der Waals surface area contributed by atoms with Gasteiger partial charge < -0.3 is 11.6 Å². The summed E-state index contributed by atoms with van der Waals surface area (Å²) in [5, 5.41) is 11.3. The van der Waals surface area contributed by atoms with Gasteiger partial charge in [0, 0.05) is 16.7 Å². The first kappa shape index (κ1) is 14.2. The second-order valence-corrected chi connectivity index (χ2v) is 5.10. The average Bonchev–Trinajstić information content (AvgIpc) is 2.96. The van der Waals surface area contributed by atoms with E-state index in [-0.39, 0.29) is 5.84 Å². The van der Waals surface area contributed by atoms with Crippen molar-refractivity contribution in [3.05, 3.63) is 65.2 Å². The van der Waals surface area contributed by atoms with Crippen LogP contribution in [-0.2, 0) is 0 Å². The van der Waals surface area contributed by atoms with Gasteiger partial charge >= 0.3 is 0 Å². The molecule has 0 radical (unpaired) electrons. The molecule has 2 aromatic carbocycles. The number of halogens is 1. The molecule has 0 fully saturated rings. The molecule has 0 unspecified atom stereocenters. The quantitative estimate of drug-likeness (QED) is 0.300. The Bertz CT molecular complexity index is 806. The molecule has 0 spiro atoms. The van der Waals surface area contributed by atoms with Gasteiger partial charge in [0.2, 0.25) is 0 Å². The third-order valence-corrected chi connectivity index (χ3v) is 3.73. The minimum atomic E-state index is 0.284. The third-order valence-electron chi connectivity index (χ3n) is 3.36. The van der Waals surface area contributed by atoms with E-state index in [0.717, 1.165) is 28.1 Å². The van der Waals surface area contributed by atoms with Gasteiger partial charge in [-0.15, -0.1) is 0 Å². The van der Waals surface area contributed by atoms with Gasteiger partial charge in [0.15, 0.2) is 0 Å². The molecule has 0 aliphatic carbocycles. The Morgan fingerprint density at radius 2 is 1.68 bits per heavy atom. The van der Waals surface area contributed by atoms with Gasteiger partial charge in [-0.1, -0.05) is 66.2 Å². The van der Waals surface area contributed by atoms with Crippen molar-refractivity contribution < 1.29 is 0 Å². The van der Waals surface area contributed by atoms with Crippen LogP contribution in [-0.4, -0.2) is 16.0 Å². The zero-order valence-corrected chi connectivity index (χ0v) is 12.4. The molecule has 1 aromatic heterocycles. The number of benzene rings is 2. The van der Waals surface area contributed by atoms with Crippen molar-refractivity contribution in [1.82, 2.24) is 10.2 Å². The molecule has 22 heavy (non-hydrogen) atoms. The molecule has 3 aromatic rings. The summed E-state index contributed by atoms with van der Waals surface area (Å²) in [7, 11) is 0. The Kier molecular flexibility index (Phi) is 3.80. The Balaban J connectivity index is 1.98. The third kappa shape index (κ3) is 2.54. The van der Waals surface area contributed by atoms with Gasteiger partial charge in [-0.05, 0) is 0 Å². The number of hydrogen-bond acceptors (Lipinski definition) is 3. The Morgan fingerprint density at radius 1 is 1.00 bits per heavy atom. The minimum Gasteiger partial charge on any atom is -0.382 e. The Labute approximate surface area is 132 Å². The molecule has 0 atom stereocenters. The number of nitrogens with zero attached hydrogens (tertiary/aromatic N) is 2. The maximum absolute atomic E-state index is 6.46. The maximum Gasteiger partial charge on any atom is 0.150 e. The van der Waals surface area contributed by atoms with Crippen LogP contribution in [0.25, 0.3) is 22.5 Å². The summed E-state index contributed by atoms with van der Waals surface area (Å²) in [5.74, 6) is 5.46. The van der Waals surface area contributed by atoms with Crippen LogP contribution < -0.4 is 11.6 Å². The minimum absolute atomic E-state index is 0.284. The van der Waals surface area contributed by atoms with Crippen LogP contribution in [0.1, 0.15) is 5.56 Å². The highest BCUT2D eigenvalue weighted by molar-refractivity contribution is 6.35. The fourth-order valence-corrected chi connectivity index (χ4v) is 2.49. The van der Waals surface area contributed by atoms with E-state index in [0.29, 0.717) is 5.02 Å². The van der Waals surface area contributed by atoms with Crippen molar-refractivity contribution in [2.45, 2.75) is 0 Å². The maximum atomic E-state index is 6.46. The lowest BCUT2D eigenvalue weighted by atomic mass is 10.1. The molecule has 0 saturated carbocycles. The van der Waals surface area contributed by atoms with Crippen LogP contribution in [0, 0.1) is 0 Å². The highest BCUT2D eigenvalue weighted by atomic mass is 35.5. The fourth-order valence-electron chi connectivity index (χ4n) is 2.19. The number of nitrogens with one attached hydrogen (secondary N) is 1. The second kappa shape index (κ2) is 5.91. The number of hydrogen-bond donors (Lipinski definition) is 3. The van der Waals surface area contributed by atoms with E-state index in [1.165, 1.54) is 0 Å². The first-order valence-electron chi connectivity index (χ1n) is 6.64.